The van der Waals surface area contributed by atoms with E-state index in [1.165, 1.54) is 0 Å². The number of carbonyl (C=O) groups is 2. The number of aliphatic hydroxyl groups is 1. The fourth-order valence-electron chi connectivity index (χ4n) is 6.32. The monoisotopic (exact) mass is 694 g/mol. The van der Waals surface area contributed by atoms with Crippen LogP contribution in [0.5, 0.6) is 0 Å². The molecule has 3 aromatic carbocycles. The number of hydrogen-bond acceptors (Lipinski definition) is 8. The van der Waals surface area contributed by atoms with E-state index in [1.807, 2.05) is 66.9 Å². The van der Waals surface area contributed by atoms with Crippen molar-refractivity contribution in [1.29, 1.82) is 0 Å². The van der Waals surface area contributed by atoms with Crippen LogP contribution in [0.15, 0.2) is 97.2 Å². The number of aromatic nitrogens is 1. The predicted molar refractivity (Wildman–Crippen MR) is 195 cm³/mol. The number of ether oxygens (including phenoxy) is 2. The Hall–Kier alpha value is -4.45. The third kappa shape index (κ3) is 12.1. The van der Waals surface area contributed by atoms with Crippen molar-refractivity contribution in [3.8, 4) is 11.1 Å². The Balaban J connectivity index is 1.21. The van der Waals surface area contributed by atoms with Gasteiger partial charge >= 0.3 is 0 Å². The highest BCUT2D eigenvalue weighted by molar-refractivity contribution is 5.76. The molecule has 270 valence electrons. The van der Waals surface area contributed by atoms with E-state index in [0.29, 0.717) is 25.8 Å². The molecule has 3 atom stereocenters. The van der Waals surface area contributed by atoms with E-state index >= 15 is 0 Å². The van der Waals surface area contributed by atoms with Gasteiger partial charge in [0.2, 0.25) is 11.8 Å². The van der Waals surface area contributed by atoms with Crippen LogP contribution in [-0.4, -0.2) is 58.3 Å². The summed E-state index contributed by atoms with van der Waals surface area (Å²) in [5, 5.41) is 21.2. The molecule has 51 heavy (non-hydrogen) atoms. The van der Waals surface area contributed by atoms with E-state index in [1.54, 1.807) is 5.48 Å². The predicted octanol–water partition coefficient (Wildman–Crippen LogP) is 6.42. The minimum atomic E-state index is -0.565. The molecule has 0 radical (unpaired) electrons. The van der Waals surface area contributed by atoms with Crippen LogP contribution >= 0.6 is 0 Å². The lowest BCUT2D eigenvalue weighted by Crippen LogP contribution is -2.38. The summed E-state index contributed by atoms with van der Waals surface area (Å²) in [5.74, 6) is -0.382. The van der Waals surface area contributed by atoms with Crippen LogP contribution in [0.3, 0.4) is 0 Å². The Morgan fingerprint density at radius 2 is 1.57 bits per heavy atom. The average Bonchev–Trinajstić information content (AvgIpc) is 3.18. The van der Waals surface area contributed by atoms with Gasteiger partial charge in [-0.2, -0.15) is 0 Å². The number of benzene rings is 3. The molecule has 10 nitrogen and oxygen atoms in total. The first kappa shape index (κ1) is 37.8. The molecule has 1 saturated heterocycles. The van der Waals surface area contributed by atoms with Gasteiger partial charge in [0.25, 0.3) is 0 Å². The van der Waals surface area contributed by atoms with Gasteiger partial charge in [0, 0.05) is 62.8 Å². The summed E-state index contributed by atoms with van der Waals surface area (Å²) in [6, 6.07) is 30.4. The number of hydrogen-bond donors (Lipinski definition) is 4. The minimum Gasteiger partial charge on any atom is -0.392 e. The van der Waals surface area contributed by atoms with E-state index in [2.05, 4.69) is 52.6 Å². The van der Waals surface area contributed by atoms with Gasteiger partial charge in [-0.1, -0.05) is 79.6 Å². The highest BCUT2D eigenvalue weighted by Gasteiger charge is 2.33. The first-order valence-electron chi connectivity index (χ1n) is 17.9. The molecular formula is C41H50N4O6. The van der Waals surface area contributed by atoms with Crippen LogP contribution in [-0.2, 0) is 38.6 Å². The van der Waals surface area contributed by atoms with Crippen LogP contribution in [0, 0.1) is 0 Å². The summed E-state index contributed by atoms with van der Waals surface area (Å²) >= 11 is 0. The summed E-state index contributed by atoms with van der Waals surface area (Å²) < 4.78 is 13.3. The Morgan fingerprint density at radius 1 is 0.824 bits per heavy atom. The first-order chi connectivity index (χ1) is 24.9. The van der Waals surface area contributed by atoms with Gasteiger partial charge < -0.3 is 24.8 Å². The van der Waals surface area contributed by atoms with Crippen LogP contribution in [0.4, 0.5) is 0 Å². The summed E-state index contributed by atoms with van der Waals surface area (Å²) in [4.78, 5) is 30.3. The van der Waals surface area contributed by atoms with Gasteiger partial charge in [-0.05, 0) is 72.0 Å². The molecule has 1 fully saturated rings. The SMILES string of the molecule is CN(CCc1ccccn1)C[C@H]1C[C@@H](c2ccc(CO)cc2)O[C@@H](c2cccc(-c3cccc(CNC(=O)CCCCCCC(=O)NO)c3)c2)O1. The number of nitrogens with zero attached hydrogens (tertiary/aromatic N) is 2. The van der Waals surface area contributed by atoms with Crippen molar-refractivity contribution in [1.82, 2.24) is 20.7 Å². The summed E-state index contributed by atoms with van der Waals surface area (Å²) in [7, 11) is 2.11. The number of unbranched alkanes of at least 4 members (excludes halogenated alkanes) is 3. The zero-order chi connectivity index (χ0) is 35.8. The van der Waals surface area contributed by atoms with E-state index in [-0.39, 0.29) is 37.0 Å². The van der Waals surface area contributed by atoms with Gasteiger partial charge in [0.15, 0.2) is 6.29 Å². The van der Waals surface area contributed by atoms with Crippen molar-refractivity contribution in [3.63, 3.8) is 0 Å². The molecule has 1 aliphatic rings. The molecule has 0 aliphatic carbocycles. The summed E-state index contributed by atoms with van der Waals surface area (Å²) in [6.45, 7) is 2.04. The lowest BCUT2D eigenvalue weighted by molar-refractivity contribution is -0.252. The molecule has 4 N–H and O–H groups in total. The molecule has 10 heteroatoms. The molecule has 4 aromatic rings. The van der Waals surface area contributed by atoms with Crippen molar-refractivity contribution < 1.29 is 29.4 Å². The van der Waals surface area contributed by atoms with Crippen molar-refractivity contribution in [2.75, 3.05) is 20.1 Å². The molecule has 0 unspecified atom stereocenters. The number of pyridine rings is 1. The zero-order valence-corrected chi connectivity index (χ0v) is 29.4. The van der Waals surface area contributed by atoms with Crippen molar-refractivity contribution >= 4 is 11.8 Å². The summed E-state index contributed by atoms with van der Waals surface area (Å²) in [5.41, 5.74) is 8.63. The third-order valence-electron chi connectivity index (χ3n) is 9.20. The van der Waals surface area contributed by atoms with E-state index < -0.39 is 6.29 Å². The standard InChI is InChI=1S/C41H50N4O6/c1-45(23-21-36-14-6-7-22-42-36)28-37-26-38(32-19-17-30(29-46)18-20-32)51-41(50-37)35-13-9-12-34(25-35)33-11-8-10-31(24-33)27-43-39(47)15-4-2-3-5-16-40(48)44-49/h6-14,17-20,22,24-25,37-38,41,46,49H,2-5,15-16,21,23,26-29H2,1H3,(H,43,47)(H,44,48)/t37-,38+,41+/m1/s1. The fraction of sp³-hybridized carbons (Fsp3) is 0.390. The largest absolute Gasteiger partial charge is 0.392 e. The van der Waals surface area contributed by atoms with Gasteiger partial charge in [-0.25, -0.2) is 5.48 Å². The Kier molecular flexibility index (Phi) is 14.7. The highest BCUT2D eigenvalue weighted by atomic mass is 16.7. The quantitative estimate of drug-likeness (QED) is 0.0533. The van der Waals surface area contributed by atoms with Crippen LogP contribution in [0.25, 0.3) is 11.1 Å². The van der Waals surface area contributed by atoms with E-state index in [4.69, 9.17) is 14.7 Å². The third-order valence-corrected chi connectivity index (χ3v) is 9.20. The van der Waals surface area contributed by atoms with Crippen molar-refractivity contribution in [2.24, 2.45) is 0 Å². The maximum Gasteiger partial charge on any atom is 0.243 e. The average molecular weight is 695 g/mol. The second kappa shape index (κ2) is 19.8. The number of rotatable bonds is 18. The number of carbonyl (C=O) groups excluding carboxylic acids is 2. The summed E-state index contributed by atoms with van der Waals surface area (Å²) in [6.07, 6.45) is 6.44. The number of hydroxylamine groups is 1. The van der Waals surface area contributed by atoms with Crippen LogP contribution < -0.4 is 10.8 Å². The highest BCUT2D eigenvalue weighted by Crippen LogP contribution is 2.39. The second-order valence-electron chi connectivity index (χ2n) is 13.2. The van der Waals surface area contributed by atoms with Gasteiger partial charge in [-0.15, -0.1) is 0 Å². The van der Waals surface area contributed by atoms with Gasteiger partial charge in [0.1, 0.15) is 0 Å². The molecule has 1 aromatic heterocycles. The maximum atomic E-state index is 12.5. The van der Waals surface area contributed by atoms with Crippen LogP contribution in [0.2, 0.25) is 0 Å². The van der Waals surface area contributed by atoms with Crippen molar-refractivity contribution in [2.45, 2.75) is 83.0 Å². The molecule has 2 heterocycles. The Bertz CT molecular complexity index is 1670. The van der Waals surface area contributed by atoms with Gasteiger partial charge in [0.05, 0.1) is 18.8 Å². The topological polar surface area (TPSA) is 133 Å². The number of likely N-dealkylation sites (N-methyl/N-ethyl adjacent to an activating group) is 1. The number of aliphatic hydroxyl groups excluding tert-OH is 1. The number of nitrogens with one attached hydrogen (secondary N) is 2. The second-order valence-corrected chi connectivity index (χ2v) is 13.2. The lowest BCUT2D eigenvalue weighted by atomic mass is 9.98. The Labute approximate surface area is 300 Å². The van der Waals surface area contributed by atoms with E-state index in [0.717, 1.165) is 77.8 Å². The first-order valence-corrected chi connectivity index (χ1v) is 17.9. The fourth-order valence-corrected chi connectivity index (χ4v) is 6.32. The molecule has 0 bridgehead atoms. The zero-order valence-electron chi connectivity index (χ0n) is 29.4. The number of amides is 2. The molecule has 0 spiro atoms. The molecule has 1 aliphatic heterocycles. The van der Waals surface area contributed by atoms with E-state index in [9.17, 15) is 14.7 Å². The molecule has 0 saturated carbocycles. The Morgan fingerprint density at radius 3 is 2.29 bits per heavy atom. The normalized spacial score (nSPS) is 17.3. The maximum absolute atomic E-state index is 12.5. The lowest BCUT2D eigenvalue weighted by Gasteiger charge is -2.38. The van der Waals surface area contributed by atoms with Crippen LogP contribution in [0.1, 0.15) is 85.3 Å². The molecule has 2 amide bonds. The minimum absolute atomic E-state index is 0.000385. The van der Waals surface area contributed by atoms with Gasteiger partial charge in [-0.3, -0.25) is 19.8 Å². The smallest absolute Gasteiger partial charge is 0.243 e. The molecular weight excluding hydrogens is 644 g/mol. The molecule has 5 rings (SSSR count). The van der Waals surface area contributed by atoms with Crippen molar-refractivity contribution in [3.05, 3.63) is 125 Å².